The molecule has 9 aromatic rings. The largest absolute Gasteiger partial charge is 0.373 e. The Labute approximate surface area is 360 Å². The standard InChI is InChI=1S/C57H41N3S/c1-6-19-39(20-7-1)52-51(53(40-21-8-2-9-22-40)55(43-25-12-4-13-26-43)60-54(52)42-23-10-3-11-24-42)41-35-33-38(34-36-41)48-37-49(59-57(58-48)44-27-14-5-15-28-44)47-31-18-30-46-45-29-16-17-32-50(45)61-56(46)47/h1-37,54,57,59-60H. The van der Waals surface area contributed by atoms with Crippen molar-refractivity contribution in [2.75, 3.05) is 0 Å². The molecule has 61 heavy (non-hydrogen) atoms. The van der Waals surface area contributed by atoms with E-state index in [1.807, 2.05) is 11.3 Å². The van der Waals surface area contributed by atoms with E-state index in [2.05, 4.69) is 235 Å². The third kappa shape index (κ3) is 6.87. The molecule has 1 aromatic heterocycles. The second-order valence-corrected chi connectivity index (χ2v) is 16.6. The van der Waals surface area contributed by atoms with Crippen molar-refractivity contribution in [3.05, 3.63) is 269 Å². The van der Waals surface area contributed by atoms with Gasteiger partial charge in [-0.05, 0) is 62.2 Å². The van der Waals surface area contributed by atoms with Crippen LogP contribution in [0.25, 0.3) is 48.3 Å². The fourth-order valence-corrected chi connectivity index (χ4v) is 10.2. The normalized spacial score (nSPS) is 16.5. The molecule has 0 bridgehead atoms. The summed E-state index contributed by atoms with van der Waals surface area (Å²) in [6.07, 6.45) is 1.99. The van der Waals surface area contributed by atoms with E-state index in [0.717, 1.165) is 44.9 Å². The summed E-state index contributed by atoms with van der Waals surface area (Å²) in [5.41, 5.74) is 15.9. The Morgan fingerprint density at radius 3 is 1.64 bits per heavy atom. The monoisotopic (exact) mass is 799 g/mol. The third-order valence-corrected chi connectivity index (χ3v) is 13.0. The van der Waals surface area contributed by atoms with Gasteiger partial charge in [0.25, 0.3) is 0 Å². The fraction of sp³-hybridized carbons (Fsp3) is 0.0351. The third-order valence-electron chi connectivity index (χ3n) is 11.8. The molecule has 11 rings (SSSR count). The van der Waals surface area contributed by atoms with E-state index < -0.39 is 0 Å². The number of aliphatic imine (C=N–C) groups is 1. The number of dihydropyridines is 1. The van der Waals surface area contributed by atoms with E-state index in [0.29, 0.717) is 0 Å². The van der Waals surface area contributed by atoms with Crippen molar-refractivity contribution in [2.45, 2.75) is 12.2 Å². The summed E-state index contributed by atoms with van der Waals surface area (Å²) in [4.78, 5) is 5.39. The Morgan fingerprint density at radius 1 is 0.410 bits per heavy atom. The molecule has 4 heteroatoms. The van der Waals surface area contributed by atoms with Crippen molar-refractivity contribution < 1.29 is 0 Å². The highest BCUT2D eigenvalue weighted by molar-refractivity contribution is 7.26. The van der Waals surface area contributed by atoms with Crippen LogP contribution in [0.15, 0.2) is 229 Å². The summed E-state index contributed by atoms with van der Waals surface area (Å²) in [7, 11) is 0. The molecule has 0 saturated carbocycles. The molecule has 2 unspecified atom stereocenters. The molecule has 0 fully saturated rings. The summed E-state index contributed by atoms with van der Waals surface area (Å²) in [6, 6.07) is 78.2. The maximum absolute atomic E-state index is 5.39. The van der Waals surface area contributed by atoms with Crippen LogP contribution in [0.4, 0.5) is 0 Å². The van der Waals surface area contributed by atoms with E-state index in [1.165, 1.54) is 53.6 Å². The zero-order valence-electron chi connectivity index (χ0n) is 33.4. The molecule has 2 N–H and O–H groups in total. The minimum atomic E-state index is -0.245. The van der Waals surface area contributed by atoms with E-state index in [4.69, 9.17) is 4.99 Å². The maximum Gasteiger partial charge on any atom is 0.145 e. The molecule has 2 aliphatic heterocycles. The minimum absolute atomic E-state index is 0.108. The van der Waals surface area contributed by atoms with E-state index >= 15 is 0 Å². The average molecular weight is 800 g/mol. The van der Waals surface area contributed by atoms with Crippen LogP contribution in [0.2, 0.25) is 0 Å². The van der Waals surface area contributed by atoms with Crippen LogP contribution >= 0.6 is 11.3 Å². The summed E-state index contributed by atoms with van der Waals surface area (Å²) >= 11 is 1.85. The Balaban J connectivity index is 1.11. The van der Waals surface area contributed by atoms with Gasteiger partial charge in [0.15, 0.2) is 0 Å². The molecular formula is C57H41N3S. The van der Waals surface area contributed by atoms with Crippen LogP contribution in [0, 0.1) is 0 Å². The van der Waals surface area contributed by atoms with Gasteiger partial charge in [-0.3, -0.25) is 4.99 Å². The first-order chi connectivity index (χ1) is 30.3. The fourth-order valence-electron chi connectivity index (χ4n) is 8.95. The van der Waals surface area contributed by atoms with Gasteiger partial charge >= 0.3 is 0 Å². The van der Waals surface area contributed by atoms with Crippen LogP contribution in [-0.2, 0) is 0 Å². The molecule has 3 nitrogen and oxygen atoms in total. The number of allylic oxidation sites excluding steroid dienone is 3. The Kier molecular flexibility index (Phi) is 9.53. The van der Waals surface area contributed by atoms with Gasteiger partial charge in [0, 0.05) is 37.0 Å². The molecule has 0 saturated heterocycles. The lowest BCUT2D eigenvalue weighted by Gasteiger charge is -2.36. The molecule has 3 heterocycles. The lowest BCUT2D eigenvalue weighted by atomic mass is 9.77. The Hall–Kier alpha value is -7.53. The molecule has 2 aliphatic rings. The van der Waals surface area contributed by atoms with Gasteiger partial charge in [-0.2, -0.15) is 0 Å². The van der Waals surface area contributed by atoms with E-state index in [-0.39, 0.29) is 12.2 Å². The van der Waals surface area contributed by atoms with E-state index in [9.17, 15) is 0 Å². The highest BCUT2D eigenvalue weighted by Crippen LogP contribution is 2.50. The predicted molar refractivity (Wildman–Crippen MR) is 258 cm³/mol. The first-order valence-electron chi connectivity index (χ1n) is 20.9. The van der Waals surface area contributed by atoms with Crippen molar-refractivity contribution in [3.8, 4) is 0 Å². The summed E-state index contributed by atoms with van der Waals surface area (Å²) in [6.45, 7) is 0. The Bertz CT molecular complexity index is 3150. The van der Waals surface area contributed by atoms with Crippen LogP contribution in [0.1, 0.15) is 56.7 Å². The molecule has 290 valence electrons. The van der Waals surface area contributed by atoms with Gasteiger partial charge in [-0.15, -0.1) is 11.3 Å². The highest BCUT2D eigenvalue weighted by Gasteiger charge is 2.33. The average Bonchev–Trinajstić information content (AvgIpc) is 3.74. The second kappa shape index (κ2) is 15.9. The van der Waals surface area contributed by atoms with Gasteiger partial charge in [-0.25, -0.2) is 0 Å². The van der Waals surface area contributed by atoms with Crippen LogP contribution in [0.3, 0.4) is 0 Å². The highest BCUT2D eigenvalue weighted by atomic mass is 32.1. The SMILES string of the molecule is C1=C(c2cccc3c2sc2ccccc23)NC(c2ccccc2)N=C1c1ccc(C2=C(c3ccccc3)C(c3ccccc3)NC(c3ccccc3)=C2c2ccccc2)cc1. The van der Waals surface area contributed by atoms with Crippen LogP contribution in [-0.4, -0.2) is 5.71 Å². The molecule has 2 atom stereocenters. The number of fused-ring (bicyclic) bond motifs is 3. The topological polar surface area (TPSA) is 36.4 Å². The zero-order valence-corrected chi connectivity index (χ0v) is 34.2. The minimum Gasteiger partial charge on any atom is -0.373 e. The number of nitrogens with one attached hydrogen (secondary N) is 2. The number of benzene rings is 8. The van der Waals surface area contributed by atoms with E-state index in [1.54, 1.807) is 0 Å². The van der Waals surface area contributed by atoms with Gasteiger partial charge in [0.2, 0.25) is 0 Å². The number of hydrogen-bond donors (Lipinski definition) is 2. The first kappa shape index (κ1) is 36.5. The van der Waals surface area contributed by atoms with Crippen LogP contribution < -0.4 is 10.6 Å². The molecule has 0 aliphatic carbocycles. The zero-order chi connectivity index (χ0) is 40.5. The first-order valence-corrected chi connectivity index (χ1v) is 21.7. The van der Waals surface area contributed by atoms with Gasteiger partial charge in [-0.1, -0.05) is 212 Å². The lowest BCUT2D eigenvalue weighted by molar-refractivity contribution is 0.664. The molecule has 0 spiro atoms. The quantitative estimate of drug-likeness (QED) is 0.161. The molecule has 0 radical (unpaired) electrons. The number of rotatable bonds is 8. The maximum atomic E-state index is 5.39. The summed E-state index contributed by atoms with van der Waals surface area (Å²) in [5.74, 6) is 0. The number of thiophene rings is 1. The van der Waals surface area contributed by atoms with Gasteiger partial charge in [0.1, 0.15) is 6.17 Å². The molecular weight excluding hydrogens is 759 g/mol. The summed E-state index contributed by atoms with van der Waals surface area (Å²) < 4.78 is 2.57. The van der Waals surface area contributed by atoms with Crippen molar-refractivity contribution in [1.29, 1.82) is 0 Å². The Morgan fingerprint density at radius 2 is 0.951 bits per heavy atom. The van der Waals surface area contributed by atoms with Crippen molar-refractivity contribution in [3.63, 3.8) is 0 Å². The van der Waals surface area contributed by atoms with Crippen molar-refractivity contribution in [1.82, 2.24) is 10.6 Å². The number of nitrogens with zero attached hydrogens (tertiary/aromatic N) is 1. The summed E-state index contributed by atoms with van der Waals surface area (Å²) in [5, 5.41) is 10.5. The molecule has 8 aromatic carbocycles. The van der Waals surface area contributed by atoms with Crippen LogP contribution in [0.5, 0.6) is 0 Å². The van der Waals surface area contributed by atoms with Gasteiger partial charge in [0.05, 0.1) is 17.5 Å². The number of hydrogen-bond acceptors (Lipinski definition) is 4. The van der Waals surface area contributed by atoms with Gasteiger partial charge < -0.3 is 10.6 Å². The predicted octanol–water partition coefficient (Wildman–Crippen LogP) is 14.0. The smallest absolute Gasteiger partial charge is 0.145 e. The molecule has 0 amide bonds. The second-order valence-electron chi connectivity index (χ2n) is 15.5. The lowest BCUT2D eigenvalue weighted by Crippen LogP contribution is -2.27. The van der Waals surface area contributed by atoms with Crippen molar-refractivity contribution >= 4 is 65.3 Å². The van der Waals surface area contributed by atoms with Crippen molar-refractivity contribution in [2.24, 2.45) is 4.99 Å².